The fourth-order valence-corrected chi connectivity index (χ4v) is 0.661. The second kappa shape index (κ2) is 5.45. The summed E-state index contributed by atoms with van der Waals surface area (Å²) in [6.07, 6.45) is 5.06. The van der Waals surface area contributed by atoms with Crippen LogP contribution >= 0.6 is 0 Å². The lowest BCUT2D eigenvalue weighted by Gasteiger charge is -1.94. The highest BCUT2D eigenvalue weighted by Crippen LogP contribution is 2.06. The van der Waals surface area contributed by atoms with Crippen LogP contribution in [0.1, 0.15) is 6.92 Å². The summed E-state index contributed by atoms with van der Waals surface area (Å²) < 4.78 is 0. The number of nitrogens with zero attached hydrogens (tertiary/aromatic N) is 1. The van der Waals surface area contributed by atoms with Gasteiger partial charge in [-0.25, -0.2) is 0 Å². The van der Waals surface area contributed by atoms with Gasteiger partial charge in [-0.05, 0) is 18.6 Å². The molecule has 0 fully saturated rings. The summed E-state index contributed by atoms with van der Waals surface area (Å²) in [6.45, 7) is 5.82. The highest BCUT2D eigenvalue weighted by molar-refractivity contribution is 5.42. The maximum absolute atomic E-state index is 8.61. The van der Waals surface area contributed by atoms with Crippen molar-refractivity contribution in [2.45, 2.75) is 6.92 Å². The Hall–Kier alpha value is -1.33. The molecule has 0 saturated carbocycles. The molecule has 0 atom stereocenters. The topological polar surface area (TPSA) is 49.8 Å². The van der Waals surface area contributed by atoms with Crippen LogP contribution in [0.5, 0.6) is 0 Å². The van der Waals surface area contributed by atoms with Crippen molar-refractivity contribution in [3.05, 3.63) is 36.0 Å². The first kappa shape index (κ1) is 9.67. The van der Waals surface area contributed by atoms with Crippen LogP contribution in [0.25, 0.3) is 0 Å². The lowest BCUT2D eigenvalue weighted by molar-refractivity contribution is 1.22. The Morgan fingerprint density at radius 3 is 2.73 bits per heavy atom. The van der Waals surface area contributed by atoms with Gasteiger partial charge < -0.3 is 5.73 Å². The van der Waals surface area contributed by atoms with Crippen molar-refractivity contribution in [1.29, 1.82) is 5.26 Å². The van der Waals surface area contributed by atoms with Crippen molar-refractivity contribution < 1.29 is 0 Å². The summed E-state index contributed by atoms with van der Waals surface area (Å²) in [6, 6.07) is 2.05. The Morgan fingerprint density at radius 1 is 1.73 bits per heavy atom. The third kappa shape index (κ3) is 3.39. The summed E-state index contributed by atoms with van der Waals surface area (Å²) in [4.78, 5) is 0. The first-order chi connectivity index (χ1) is 5.26. The number of rotatable bonds is 3. The highest BCUT2D eigenvalue weighted by Gasteiger charge is 1.94. The number of nitrogens with two attached hydrogens (primary N) is 1. The Labute approximate surface area is 67.3 Å². The van der Waals surface area contributed by atoms with Gasteiger partial charge in [0.15, 0.2) is 0 Å². The van der Waals surface area contributed by atoms with Crippen LogP contribution in [0, 0.1) is 11.3 Å². The second-order valence-electron chi connectivity index (χ2n) is 2.05. The van der Waals surface area contributed by atoms with E-state index in [0.717, 1.165) is 5.57 Å². The van der Waals surface area contributed by atoms with Gasteiger partial charge in [-0.2, -0.15) is 5.26 Å². The van der Waals surface area contributed by atoms with E-state index < -0.39 is 0 Å². The molecule has 0 rings (SSSR count). The van der Waals surface area contributed by atoms with Crippen molar-refractivity contribution >= 4 is 0 Å². The van der Waals surface area contributed by atoms with E-state index in [1.807, 2.05) is 6.92 Å². The molecule has 0 saturated heterocycles. The number of allylic oxidation sites excluding steroid dienone is 4. The Kier molecular flexibility index (Phi) is 4.80. The molecule has 0 radical (unpaired) electrons. The van der Waals surface area contributed by atoms with E-state index in [0.29, 0.717) is 12.1 Å². The zero-order valence-electron chi connectivity index (χ0n) is 6.67. The first-order valence-corrected chi connectivity index (χ1v) is 3.36. The van der Waals surface area contributed by atoms with Crippen LogP contribution < -0.4 is 5.73 Å². The second-order valence-corrected chi connectivity index (χ2v) is 2.05. The van der Waals surface area contributed by atoms with Crippen LogP contribution in [0.3, 0.4) is 0 Å². The molecule has 11 heavy (non-hydrogen) atoms. The van der Waals surface area contributed by atoms with Gasteiger partial charge in [-0.1, -0.05) is 18.7 Å². The summed E-state index contributed by atoms with van der Waals surface area (Å²) >= 11 is 0. The van der Waals surface area contributed by atoms with E-state index in [4.69, 9.17) is 11.0 Å². The van der Waals surface area contributed by atoms with Gasteiger partial charge in [-0.15, -0.1) is 0 Å². The van der Waals surface area contributed by atoms with Crippen LogP contribution in [-0.2, 0) is 0 Å². The predicted octanol–water partition coefficient (Wildman–Crippen LogP) is 1.53. The van der Waals surface area contributed by atoms with Crippen molar-refractivity contribution in [2.75, 3.05) is 6.54 Å². The highest BCUT2D eigenvalue weighted by atomic mass is 14.5. The van der Waals surface area contributed by atoms with Crippen molar-refractivity contribution in [3.63, 3.8) is 0 Å². The van der Waals surface area contributed by atoms with E-state index in [-0.39, 0.29) is 0 Å². The van der Waals surface area contributed by atoms with Crippen LogP contribution in [-0.4, -0.2) is 6.54 Å². The third-order valence-electron chi connectivity index (χ3n) is 1.25. The van der Waals surface area contributed by atoms with Crippen LogP contribution in [0.4, 0.5) is 0 Å². The van der Waals surface area contributed by atoms with E-state index in [1.165, 1.54) is 0 Å². The fourth-order valence-electron chi connectivity index (χ4n) is 0.661. The summed E-state index contributed by atoms with van der Waals surface area (Å²) in [5, 5.41) is 8.61. The molecule has 0 aromatic rings. The van der Waals surface area contributed by atoms with Crippen LogP contribution in [0.2, 0.25) is 0 Å². The summed E-state index contributed by atoms with van der Waals surface area (Å²) in [7, 11) is 0. The lowest BCUT2D eigenvalue weighted by atomic mass is 10.1. The van der Waals surface area contributed by atoms with E-state index in [9.17, 15) is 0 Å². The minimum Gasteiger partial charge on any atom is -0.327 e. The zero-order chi connectivity index (χ0) is 8.69. The molecule has 2 N–H and O–H groups in total. The standard InChI is InChI=1S/C9H12N2/c1-3-4-9(7-11)8(2)5-6-10/h3-5H,1,6,10H2,2H3/b8-5?,9-4-. The van der Waals surface area contributed by atoms with Crippen molar-refractivity contribution in [2.24, 2.45) is 5.73 Å². The third-order valence-corrected chi connectivity index (χ3v) is 1.25. The maximum atomic E-state index is 8.61. The largest absolute Gasteiger partial charge is 0.327 e. The maximum Gasteiger partial charge on any atom is 0.0994 e. The molecule has 0 aliphatic rings. The average molecular weight is 148 g/mol. The van der Waals surface area contributed by atoms with Gasteiger partial charge in [0.05, 0.1) is 11.6 Å². The molecule has 58 valence electrons. The molecule has 0 spiro atoms. The molecule has 0 amide bonds. The minimum atomic E-state index is 0.460. The first-order valence-electron chi connectivity index (χ1n) is 3.36. The molecule has 2 nitrogen and oxygen atoms in total. The molecule has 2 heteroatoms. The molecule has 0 aliphatic carbocycles. The quantitative estimate of drug-likeness (QED) is 0.487. The number of hydrogen-bond acceptors (Lipinski definition) is 2. The molecule has 0 bridgehead atoms. The molecule has 0 unspecified atom stereocenters. The number of nitriles is 1. The molecule has 0 aliphatic heterocycles. The summed E-state index contributed by atoms with van der Waals surface area (Å²) in [5.74, 6) is 0. The summed E-state index contributed by atoms with van der Waals surface area (Å²) in [5.41, 5.74) is 6.79. The average Bonchev–Trinajstić information content (AvgIpc) is 2.00. The van der Waals surface area contributed by atoms with E-state index >= 15 is 0 Å². The van der Waals surface area contributed by atoms with Crippen molar-refractivity contribution in [3.8, 4) is 6.07 Å². The van der Waals surface area contributed by atoms with Gasteiger partial charge in [0.2, 0.25) is 0 Å². The van der Waals surface area contributed by atoms with Gasteiger partial charge in [0.1, 0.15) is 0 Å². The number of hydrogen-bond donors (Lipinski definition) is 1. The monoisotopic (exact) mass is 148 g/mol. The van der Waals surface area contributed by atoms with Gasteiger partial charge in [-0.3, -0.25) is 0 Å². The molecule has 0 heterocycles. The molecular weight excluding hydrogens is 136 g/mol. The van der Waals surface area contributed by atoms with Crippen LogP contribution in [0.15, 0.2) is 36.0 Å². The van der Waals surface area contributed by atoms with Gasteiger partial charge >= 0.3 is 0 Å². The Bertz CT molecular complexity index is 228. The smallest absolute Gasteiger partial charge is 0.0994 e. The molecule has 0 aromatic heterocycles. The van der Waals surface area contributed by atoms with E-state index in [2.05, 4.69) is 12.6 Å². The van der Waals surface area contributed by atoms with Gasteiger partial charge in [0, 0.05) is 6.54 Å². The zero-order valence-corrected chi connectivity index (χ0v) is 6.67. The molecule has 0 aromatic carbocycles. The molecular formula is C9H12N2. The predicted molar refractivity (Wildman–Crippen MR) is 46.7 cm³/mol. The normalized spacial score (nSPS) is 12.5. The minimum absolute atomic E-state index is 0.460. The Morgan fingerprint density at radius 2 is 2.36 bits per heavy atom. The Balaban J connectivity index is 4.54. The fraction of sp³-hybridized carbons (Fsp3) is 0.222. The van der Waals surface area contributed by atoms with Gasteiger partial charge in [0.25, 0.3) is 0 Å². The van der Waals surface area contributed by atoms with Crippen molar-refractivity contribution in [1.82, 2.24) is 0 Å². The SMILES string of the molecule is C=C/C=C(/C#N)C(C)=CCN. The lowest BCUT2D eigenvalue weighted by Crippen LogP contribution is -1.95. The van der Waals surface area contributed by atoms with E-state index in [1.54, 1.807) is 18.2 Å².